The lowest BCUT2D eigenvalue weighted by atomic mass is 9.85. The molecule has 0 unspecified atom stereocenters. The van der Waals surface area contributed by atoms with Crippen LogP contribution in [0, 0.1) is 0 Å². The van der Waals surface area contributed by atoms with E-state index in [0.29, 0.717) is 18.2 Å². The van der Waals surface area contributed by atoms with E-state index in [2.05, 4.69) is 28.4 Å². The van der Waals surface area contributed by atoms with Crippen LogP contribution in [0.2, 0.25) is 0 Å². The van der Waals surface area contributed by atoms with Crippen LogP contribution >= 0.6 is 0 Å². The molecule has 0 bridgehead atoms. The first kappa shape index (κ1) is 18.2. The van der Waals surface area contributed by atoms with Gasteiger partial charge in [-0.05, 0) is 51.1 Å². The van der Waals surface area contributed by atoms with Gasteiger partial charge < -0.3 is 15.2 Å². The molecule has 25 heavy (non-hydrogen) atoms. The van der Waals surface area contributed by atoms with Crippen molar-refractivity contribution in [3.05, 3.63) is 29.8 Å². The van der Waals surface area contributed by atoms with E-state index in [-0.39, 0.29) is 6.54 Å². The third kappa shape index (κ3) is 4.95. The molecule has 2 N–H and O–H groups in total. The van der Waals surface area contributed by atoms with Gasteiger partial charge in [-0.3, -0.25) is 9.69 Å². The zero-order valence-corrected chi connectivity index (χ0v) is 15.1. The van der Waals surface area contributed by atoms with Gasteiger partial charge >= 0.3 is 5.97 Å². The average Bonchev–Trinajstić information content (AvgIpc) is 3.06. The normalized spacial score (nSPS) is 23.6. The van der Waals surface area contributed by atoms with Crippen LogP contribution in [0.25, 0.3) is 0 Å². The summed E-state index contributed by atoms with van der Waals surface area (Å²) in [6.45, 7) is 3.78. The summed E-state index contributed by atoms with van der Waals surface area (Å²) in [4.78, 5) is 13.0. The Hall–Kier alpha value is -1.59. The third-order valence-electron chi connectivity index (χ3n) is 5.52. The van der Waals surface area contributed by atoms with Crippen LogP contribution in [-0.4, -0.2) is 47.3 Å². The number of carboxylic acid groups (broad SMARTS) is 1. The van der Waals surface area contributed by atoms with Crippen LogP contribution in [0.15, 0.2) is 24.3 Å². The largest absolute Gasteiger partial charge is 0.490 e. The van der Waals surface area contributed by atoms with E-state index >= 15 is 0 Å². The van der Waals surface area contributed by atoms with E-state index in [1.54, 1.807) is 0 Å². The Balaban J connectivity index is 1.46. The molecular formula is C20H30N2O3. The molecule has 5 heteroatoms. The molecular weight excluding hydrogens is 316 g/mol. The van der Waals surface area contributed by atoms with Gasteiger partial charge in [-0.1, -0.05) is 25.1 Å². The second kappa shape index (κ2) is 8.68. The molecule has 1 aromatic rings. The van der Waals surface area contributed by atoms with Crippen molar-refractivity contribution in [2.45, 2.75) is 70.2 Å². The Kier molecular flexibility index (Phi) is 6.32. The molecule has 0 atom stereocenters. The second-order valence-corrected chi connectivity index (χ2v) is 7.29. The number of para-hydroxylation sites is 1. The number of benzene rings is 1. The SMILES string of the molecule is CCN(CC(=O)O)C1CC(NCc2ccccc2OC2CCCC2)C1. The standard InChI is InChI=1S/C20H30N2O3/c1-2-22(14-20(23)24)17-11-16(12-17)21-13-15-7-3-6-10-19(15)25-18-8-4-5-9-18/h3,6-7,10,16-18,21H,2,4-5,8-9,11-14H2,1H3,(H,23,24). The number of ether oxygens (including phenoxy) is 1. The molecule has 0 amide bonds. The maximum atomic E-state index is 10.9. The molecule has 2 saturated carbocycles. The lowest BCUT2D eigenvalue weighted by molar-refractivity contribution is -0.139. The zero-order chi connectivity index (χ0) is 17.6. The molecule has 2 aliphatic carbocycles. The van der Waals surface area contributed by atoms with Crippen LogP contribution < -0.4 is 10.1 Å². The molecule has 138 valence electrons. The molecule has 0 aromatic heterocycles. The fraction of sp³-hybridized carbons (Fsp3) is 0.650. The summed E-state index contributed by atoms with van der Waals surface area (Å²) in [6.07, 6.45) is 7.31. The smallest absolute Gasteiger partial charge is 0.317 e. The van der Waals surface area contributed by atoms with Crippen LogP contribution in [0.4, 0.5) is 0 Å². The van der Waals surface area contributed by atoms with E-state index in [4.69, 9.17) is 9.84 Å². The highest BCUT2D eigenvalue weighted by atomic mass is 16.5. The predicted octanol–water partition coefficient (Wildman–Crippen LogP) is 3.04. The lowest BCUT2D eigenvalue weighted by Gasteiger charge is -2.42. The predicted molar refractivity (Wildman–Crippen MR) is 97.9 cm³/mol. The van der Waals surface area contributed by atoms with Gasteiger partial charge in [0.1, 0.15) is 5.75 Å². The highest BCUT2D eigenvalue weighted by molar-refractivity contribution is 5.69. The molecule has 0 saturated heterocycles. The quantitative estimate of drug-likeness (QED) is 0.720. The van der Waals surface area contributed by atoms with Crippen molar-refractivity contribution in [2.75, 3.05) is 13.1 Å². The number of carbonyl (C=O) groups is 1. The van der Waals surface area contributed by atoms with Crippen molar-refractivity contribution >= 4 is 5.97 Å². The van der Waals surface area contributed by atoms with Gasteiger partial charge in [0.2, 0.25) is 0 Å². The molecule has 0 aliphatic heterocycles. The van der Waals surface area contributed by atoms with Crippen LogP contribution in [0.1, 0.15) is 51.0 Å². The first-order valence-corrected chi connectivity index (χ1v) is 9.59. The third-order valence-corrected chi connectivity index (χ3v) is 5.52. The summed E-state index contributed by atoms with van der Waals surface area (Å²) in [5.74, 6) is 0.273. The van der Waals surface area contributed by atoms with E-state index in [1.807, 2.05) is 13.0 Å². The Bertz CT molecular complexity index is 566. The number of carboxylic acids is 1. The number of nitrogens with one attached hydrogen (secondary N) is 1. The molecule has 5 nitrogen and oxygen atoms in total. The summed E-state index contributed by atoms with van der Waals surface area (Å²) in [6, 6.07) is 9.17. The molecule has 0 radical (unpaired) electrons. The van der Waals surface area contributed by atoms with E-state index < -0.39 is 5.97 Å². The number of hydrogen-bond donors (Lipinski definition) is 2. The van der Waals surface area contributed by atoms with Crippen molar-refractivity contribution in [1.82, 2.24) is 10.2 Å². The van der Waals surface area contributed by atoms with Crippen molar-refractivity contribution in [2.24, 2.45) is 0 Å². The van der Waals surface area contributed by atoms with Crippen LogP contribution in [0.3, 0.4) is 0 Å². The Morgan fingerprint density at radius 2 is 2.00 bits per heavy atom. The maximum absolute atomic E-state index is 10.9. The fourth-order valence-corrected chi connectivity index (χ4v) is 3.93. The molecule has 0 spiro atoms. The summed E-state index contributed by atoms with van der Waals surface area (Å²) in [7, 11) is 0. The van der Waals surface area contributed by atoms with Crippen LogP contribution in [0.5, 0.6) is 5.75 Å². The van der Waals surface area contributed by atoms with Gasteiger partial charge in [0, 0.05) is 24.2 Å². The Morgan fingerprint density at radius 3 is 2.68 bits per heavy atom. The molecule has 2 fully saturated rings. The topological polar surface area (TPSA) is 61.8 Å². The van der Waals surface area contributed by atoms with Crippen molar-refractivity contribution < 1.29 is 14.6 Å². The number of aliphatic carboxylic acids is 1. The molecule has 3 rings (SSSR count). The Morgan fingerprint density at radius 1 is 1.28 bits per heavy atom. The zero-order valence-electron chi connectivity index (χ0n) is 15.1. The number of hydrogen-bond acceptors (Lipinski definition) is 4. The minimum Gasteiger partial charge on any atom is -0.490 e. The first-order chi connectivity index (χ1) is 12.2. The average molecular weight is 346 g/mol. The van der Waals surface area contributed by atoms with Crippen molar-refractivity contribution in [1.29, 1.82) is 0 Å². The molecule has 1 aromatic carbocycles. The van der Waals surface area contributed by atoms with Crippen LogP contribution in [-0.2, 0) is 11.3 Å². The fourth-order valence-electron chi connectivity index (χ4n) is 3.93. The lowest BCUT2D eigenvalue weighted by Crippen LogP contribution is -2.53. The second-order valence-electron chi connectivity index (χ2n) is 7.29. The summed E-state index contributed by atoms with van der Waals surface area (Å²) < 4.78 is 6.20. The van der Waals surface area contributed by atoms with Gasteiger partial charge in [-0.25, -0.2) is 0 Å². The van der Waals surface area contributed by atoms with Gasteiger partial charge in [0.25, 0.3) is 0 Å². The molecule has 0 heterocycles. The summed E-state index contributed by atoms with van der Waals surface area (Å²) in [5, 5.41) is 12.6. The van der Waals surface area contributed by atoms with E-state index in [9.17, 15) is 4.79 Å². The minimum atomic E-state index is -0.740. The van der Waals surface area contributed by atoms with Gasteiger partial charge in [-0.2, -0.15) is 0 Å². The van der Waals surface area contributed by atoms with Gasteiger partial charge in [0.15, 0.2) is 0 Å². The van der Waals surface area contributed by atoms with Gasteiger partial charge in [-0.15, -0.1) is 0 Å². The van der Waals surface area contributed by atoms with Crippen molar-refractivity contribution in [3.63, 3.8) is 0 Å². The van der Waals surface area contributed by atoms with E-state index in [0.717, 1.165) is 31.7 Å². The monoisotopic (exact) mass is 346 g/mol. The van der Waals surface area contributed by atoms with Crippen molar-refractivity contribution in [3.8, 4) is 5.75 Å². The summed E-state index contributed by atoms with van der Waals surface area (Å²) in [5.41, 5.74) is 1.22. The molecule has 2 aliphatic rings. The number of rotatable bonds is 9. The highest BCUT2D eigenvalue weighted by Crippen LogP contribution is 2.29. The van der Waals surface area contributed by atoms with E-state index in [1.165, 1.54) is 31.2 Å². The minimum absolute atomic E-state index is 0.145. The van der Waals surface area contributed by atoms with Gasteiger partial charge in [0.05, 0.1) is 12.6 Å². The highest BCUT2D eigenvalue weighted by Gasteiger charge is 2.33. The number of nitrogens with zero attached hydrogens (tertiary/aromatic N) is 1. The maximum Gasteiger partial charge on any atom is 0.317 e. The first-order valence-electron chi connectivity index (χ1n) is 9.59. The Labute approximate surface area is 150 Å². The summed E-state index contributed by atoms with van der Waals surface area (Å²) >= 11 is 0. The number of likely N-dealkylation sites (N-methyl/N-ethyl adjacent to an activating group) is 1.